The molecule has 0 aliphatic carbocycles. The van der Waals surface area contributed by atoms with E-state index in [1.165, 1.54) is 24.3 Å². The van der Waals surface area contributed by atoms with Crippen LogP contribution in [0.3, 0.4) is 0 Å². The Labute approximate surface area is 399 Å². The van der Waals surface area contributed by atoms with Crippen molar-refractivity contribution in [3.05, 3.63) is 50.6 Å². The molecule has 0 fully saturated rings. The van der Waals surface area contributed by atoms with Crippen molar-refractivity contribution in [2.75, 3.05) is 59.5 Å². The van der Waals surface area contributed by atoms with Crippen LogP contribution in [0.15, 0.2) is 50.6 Å². The minimum Gasteiger partial charge on any atom is -0.378 e. The Morgan fingerprint density at radius 3 is 1.02 bits per heavy atom. The molecule has 382 valence electrons. The highest BCUT2D eigenvalue weighted by atomic mass is 16.6. The van der Waals surface area contributed by atoms with Gasteiger partial charge in [0.2, 0.25) is 0 Å². The van der Waals surface area contributed by atoms with Crippen LogP contribution in [0.1, 0.15) is 143 Å². The van der Waals surface area contributed by atoms with Crippen molar-refractivity contribution >= 4 is 23.1 Å². The summed E-state index contributed by atoms with van der Waals surface area (Å²) >= 11 is 0. The highest BCUT2D eigenvalue weighted by molar-refractivity contribution is 5.97. The average Bonchev–Trinajstić information content (AvgIpc) is 3.19. The predicted molar refractivity (Wildman–Crippen MR) is 261 cm³/mol. The van der Waals surface area contributed by atoms with Gasteiger partial charge < -0.3 is 48.4 Å². The van der Waals surface area contributed by atoms with Gasteiger partial charge in [0.05, 0.1) is 76.3 Å². The number of hydrogen-bond acceptors (Lipinski definition) is 14. The van der Waals surface area contributed by atoms with E-state index in [1.807, 2.05) is 55.4 Å². The molecule has 0 amide bonds. The highest BCUT2D eigenvalue weighted by Crippen LogP contribution is 2.31. The van der Waals surface area contributed by atoms with Crippen LogP contribution in [0.4, 0.5) is 0 Å². The lowest BCUT2D eigenvalue weighted by atomic mass is 9.92. The molecule has 0 aliphatic rings. The molecule has 0 saturated carbocycles. The van der Waals surface area contributed by atoms with Gasteiger partial charge in [-0.15, -0.1) is 0 Å². The summed E-state index contributed by atoms with van der Waals surface area (Å²) in [5.41, 5.74) is -2.57. The van der Waals surface area contributed by atoms with Crippen molar-refractivity contribution < 1.29 is 61.8 Å². The average molecular weight is 938 g/mol. The molecule has 0 aromatic heterocycles. The van der Waals surface area contributed by atoms with Gasteiger partial charge in [0.15, 0.2) is 23.1 Å². The molecule has 14 heteroatoms. The second-order valence-electron chi connectivity index (χ2n) is 22.0. The van der Waals surface area contributed by atoms with Crippen molar-refractivity contribution in [3.63, 3.8) is 0 Å². The summed E-state index contributed by atoms with van der Waals surface area (Å²) in [4.78, 5) is 49.4. The van der Waals surface area contributed by atoms with Gasteiger partial charge in [-0.25, -0.2) is 0 Å². The van der Waals surface area contributed by atoms with Crippen molar-refractivity contribution in [3.8, 4) is 0 Å². The second-order valence-corrected chi connectivity index (χ2v) is 22.0. The van der Waals surface area contributed by atoms with Gasteiger partial charge >= 0.3 is 0 Å². The van der Waals surface area contributed by atoms with E-state index >= 15 is 0 Å². The maximum absolute atomic E-state index is 12.4. The van der Waals surface area contributed by atoms with E-state index < -0.39 is 55.9 Å². The first-order chi connectivity index (χ1) is 29.8. The molecule has 0 spiro atoms. The zero-order valence-electron chi connectivity index (χ0n) is 44.2. The molecule has 0 heterocycles. The van der Waals surface area contributed by atoms with Crippen LogP contribution in [0.5, 0.6) is 0 Å². The van der Waals surface area contributed by atoms with Crippen LogP contribution in [-0.2, 0) is 61.8 Å². The molecule has 66 heavy (non-hydrogen) atoms. The fourth-order valence-electron chi connectivity index (χ4n) is 6.16. The second kappa shape index (κ2) is 25.7. The van der Waals surface area contributed by atoms with Crippen LogP contribution in [0.25, 0.3) is 0 Å². The Kier molecular flexibility index (Phi) is 24.7. The molecule has 0 aromatic carbocycles. The maximum atomic E-state index is 12.4. The summed E-state index contributed by atoms with van der Waals surface area (Å²) in [6.07, 6.45) is 6.67. The van der Waals surface area contributed by atoms with E-state index in [0.717, 1.165) is 0 Å². The standard InChI is InChI=1S/C52H91NO13/c1-22-39(54)46(11,12)59-30-26-43(5,6)63-35-50(19,36-64-44(7,8)27-31-60-47(13,14)40(55)23-2)34-58-37-51(20,66-45(9,10)28-32-61-48(15,16)41(56)24-3)38-65-52(21,53)29-33-62-49(17,18)42(57)25-4/h22-25H,1-4,26-38,53H2,5-21H3. The first-order valence-electron chi connectivity index (χ1n) is 23.0. The van der Waals surface area contributed by atoms with Crippen LogP contribution in [-0.4, -0.2) is 133 Å². The Bertz CT molecular complexity index is 1570. The Morgan fingerprint density at radius 1 is 0.394 bits per heavy atom. The van der Waals surface area contributed by atoms with Crippen LogP contribution in [0, 0.1) is 5.41 Å². The number of carbonyl (C=O) groups excluding carboxylic acids is 4. The monoisotopic (exact) mass is 938 g/mol. The summed E-state index contributed by atoms with van der Waals surface area (Å²) in [5.74, 6) is -0.891. The molecule has 0 aliphatic heterocycles. The van der Waals surface area contributed by atoms with E-state index in [9.17, 15) is 19.2 Å². The first kappa shape index (κ1) is 63.2. The number of nitrogens with two attached hydrogens (primary N) is 1. The molecular formula is C52H91NO13. The van der Waals surface area contributed by atoms with Crippen molar-refractivity contribution in [2.24, 2.45) is 11.1 Å². The largest absolute Gasteiger partial charge is 0.378 e. The molecule has 0 saturated heterocycles. The molecule has 0 aromatic rings. The minimum atomic E-state index is -1.18. The lowest BCUT2D eigenvalue weighted by molar-refractivity contribution is -0.217. The van der Waals surface area contributed by atoms with Crippen LogP contribution < -0.4 is 5.73 Å². The van der Waals surface area contributed by atoms with Crippen molar-refractivity contribution in [1.29, 1.82) is 0 Å². The van der Waals surface area contributed by atoms with E-state index in [-0.39, 0.29) is 89.0 Å². The molecule has 2 atom stereocenters. The van der Waals surface area contributed by atoms with E-state index in [4.69, 9.17) is 48.4 Å². The first-order valence-corrected chi connectivity index (χ1v) is 23.0. The van der Waals surface area contributed by atoms with Gasteiger partial charge in [0.25, 0.3) is 0 Å². The highest BCUT2D eigenvalue weighted by Gasteiger charge is 2.40. The molecule has 0 radical (unpaired) electrons. The summed E-state index contributed by atoms with van der Waals surface area (Å²) < 4.78 is 56.7. The zero-order chi connectivity index (χ0) is 51.7. The van der Waals surface area contributed by atoms with Gasteiger partial charge in [-0.1, -0.05) is 33.2 Å². The lowest BCUT2D eigenvalue weighted by Crippen LogP contribution is -2.52. The SMILES string of the molecule is C=CC(=O)C(C)(C)OCCC(C)(C)OCC(C)(COCC(C)(COC(C)(N)CCOC(C)(C)C(=O)C=C)OC(C)(C)CCOC(C)(C)C(=O)C=C)COC(C)(C)CCOC(C)(C)C(=O)C=C. The van der Waals surface area contributed by atoms with Crippen molar-refractivity contribution in [1.82, 2.24) is 0 Å². The number of rotatable bonds is 39. The molecule has 0 rings (SSSR count). The smallest absolute Gasteiger partial charge is 0.186 e. The predicted octanol–water partition coefficient (Wildman–Crippen LogP) is 8.61. The van der Waals surface area contributed by atoms with Crippen molar-refractivity contribution in [2.45, 2.75) is 194 Å². The summed E-state index contributed by atoms with van der Waals surface area (Å²) in [5, 5.41) is 0. The maximum Gasteiger partial charge on any atom is 0.186 e. The number of ether oxygens (including phenoxy) is 9. The van der Waals surface area contributed by atoms with Gasteiger partial charge in [-0.05, 0) is 154 Å². The van der Waals surface area contributed by atoms with E-state index in [2.05, 4.69) is 26.3 Å². The number of carbonyl (C=O) groups is 4. The van der Waals surface area contributed by atoms with Gasteiger partial charge in [0, 0.05) is 11.8 Å². The summed E-state index contributed by atoms with van der Waals surface area (Å²) in [6, 6.07) is 0. The van der Waals surface area contributed by atoms with Gasteiger partial charge in [-0.3, -0.25) is 19.2 Å². The van der Waals surface area contributed by atoms with Gasteiger partial charge in [-0.2, -0.15) is 0 Å². The third-order valence-electron chi connectivity index (χ3n) is 11.4. The fraction of sp³-hybridized carbons (Fsp3) is 0.769. The van der Waals surface area contributed by atoms with E-state index in [1.54, 1.807) is 62.3 Å². The van der Waals surface area contributed by atoms with Crippen LogP contribution >= 0.6 is 0 Å². The van der Waals surface area contributed by atoms with Crippen LogP contribution in [0.2, 0.25) is 0 Å². The Hall–Kier alpha value is -2.76. The molecule has 14 nitrogen and oxygen atoms in total. The number of hydrogen-bond donors (Lipinski definition) is 1. The molecule has 2 N–H and O–H groups in total. The molecule has 0 bridgehead atoms. The minimum absolute atomic E-state index is 0.0128. The zero-order valence-corrected chi connectivity index (χ0v) is 44.2. The summed E-state index contributed by atoms with van der Waals surface area (Å²) in [6.45, 7) is 46.9. The molecule has 2 unspecified atom stereocenters. The Balaban J connectivity index is 6.51. The Morgan fingerprint density at radius 2 is 0.697 bits per heavy atom. The summed E-state index contributed by atoms with van der Waals surface area (Å²) in [7, 11) is 0. The number of ketones is 4. The lowest BCUT2D eigenvalue weighted by Gasteiger charge is -2.41. The van der Waals surface area contributed by atoms with E-state index in [0.29, 0.717) is 19.3 Å². The topological polar surface area (TPSA) is 177 Å². The normalized spacial score (nSPS) is 15.4. The fourth-order valence-corrected chi connectivity index (χ4v) is 6.16. The van der Waals surface area contributed by atoms with Gasteiger partial charge in [0.1, 0.15) is 33.7 Å². The molecular weight excluding hydrogens is 847 g/mol. The third kappa shape index (κ3) is 24.0. The third-order valence-corrected chi connectivity index (χ3v) is 11.4. The quantitative estimate of drug-likeness (QED) is 0.0458.